The Morgan fingerprint density at radius 3 is 2.38 bits per heavy atom. The first kappa shape index (κ1) is 23.1. The summed E-state index contributed by atoms with van der Waals surface area (Å²) >= 11 is 0. The standard InChI is InChI=1S/C31H38N2O/c1-5-22-12-9-13-23(6-2)30(22)28-19-29(34-4)27(21(3)32-28)20-33-18-17-24-11-7-8-16-26(24)31(33)25-14-10-15-25/h7-9,11-13,16,19,25,31H,5-6,10,14-15,17-18,20H2,1-4H3. The number of hydrogen-bond acceptors (Lipinski definition) is 3. The Labute approximate surface area is 205 Å². The molecule has 0 amide bonds. The lowest BCUT2D eigenvalue weighted by atomic mass is 9.73. The molecule has 3 nitrogen and oxygen atoms in total. The number of rotatable bonds is 7. The molecule has 0 spiro atoms. The molecule has 1 aliphatic heterocycles. The molecule has 0 saturated heterocycles. The van der Waals surface area contributed by atoms with Crippen LogP contribution in [0.25, 0.3) is 11.3 Å². The van der Waals surface area contributed by atoms with Gasteiger partial charge in [-0.15, -0.1) is 0 Å². The van der Waals surface area contributed by atoms with E-state index in [2.05, 4.69) is 74.2 Å². The van der Waals surface area contributed by atoms with E-state index in [-0.39, 0.29) is 0 Å². The third-order valence-electron chi connectivity index (χ3n) is 8.16. The van der Waals surface area contributed by atoms with Gasteiger partial charge in [-0.3, -0.25) is 9.88 Å². The summed E-state index contributed by atoms with van der Waals surface area (Å²) in [6.45, 7) is 8.61. The monoisotopic (exact) mass is 454 g/mol. The van der Waals surface area contributed by atoms with Crippen LogP contribution in [0.4, 0.5) is 0 Å². The average Bonchev–Trinajstić information content (AvgIpc) is 2.84. The molecule has 0 N–H and O–H groups in total. The van der Waals surface area contributed by atoms with Gasteiger partial charge in [0.2, 0.25) is 0 Å². The van der Waals surface area contributed by atoms with Gasteiger partial charge in [0.25, 0.3) is 0 Å². The second kappa shape index (κ2) is 9.92. The summed E-state index contributed by atoms with van der Waals surface area (Å²) in [6.07, 6.45) is 7.18. The van der Waals surface area contributed by atoms with E-state index in [9.17, 15) is 0 Å². The van der Waals surface area contributed by atoms with Crippen molar-refractivity contribution in [2.45, 2.75) is 71.9 Å². The summed E-state index contributed by atoms with van der Waals surface area (Å²) in [5, 5.41) is 0. The van der Waals surface area contributed by atoms with Crippen molar-refractivity contribution in [2.75, 3.05) is 13.7 Å². The molecule has 0 radical (unpaired) electrons. The van der Waals surface area contributed by atoms with Crippen LogP contribution in [0.1, 0.15) is 72.7 Å². The Balaban J connectivity index is 1.52. The fraction of sp³-hybridized carbons (Fsp3) is 0.452. The van der Waals surface area contributed by atoms with Crippen LogP contribution in [0.2, 0.25) is 0 Å². The molecule has 1 saturated carbocycles. The highest BCUT2D eigenvalue weighted by molar-refractivity contribution is 5.70. The maximum Gasteiger partial charge on any atom is 0.127 e. The zero-order valence-electron chi connectivity index (χ0n) is 21.2. The number of hydrogen-bond donors (Lipinski definition) is 0. The molecule has 2 aromatic carbocycles. The van der Waals surface area contributed by atoms with Gasteiger partial charge in [-0.1, -0.05) is 62.7 Å². The number of methoxy groups -OCH3 is 1. The lowest BCUT2D eigenvalue weighted by Gasteiger charge is -2.45. The minimum absolute atomic E-state index is 0.509. The van der Waals surface area contributed by atoms with Crippen molar-refractivity contribution in [2.24, 2.45) is 5.92 Å². The largest absolute Gasteiger partial charge is 0.496 e. The van der Waals surface area contributed by atoms with E-state index in [1.807, 2.05) is 7.11 Å². The molecular formula is C31H38N2O. The van der Waals surface area contributed by atoms with Crippen LogP contribution in [0.15, 0.2) is 48.5 Å². The van der Waals surface area contributed by atoms with Gasteiger partial charge in [-0.25, -0.2) is 0 Å². The van der Waals surface area contributed by atoms with Crippen molar-refractivity contribution in [3.8, 4) is 17.0 Å². The molecule has 0 bridgehead atoms. The van der Waals surface area contributed by atoms with Gasteiger partial charge in [0.1, 0.15) is 5.75 Å². The van der Waals surface area contributed by atoms with Crippen LogP contribution < -0.4 is 4.74 Å². The van der Waals surface area contributed by atoms with E-state index in [0.717, 1.165) is 55.4 Å². The normalized spacial score (nSPS) is 18.4. The zero-order valence-corrected chi connectivity index (χ0v) is 21.2. The van der Waals surface area contributed by atoms with E-state index < -0.39 is 0 Å². The molecule has 3 heteroatoms. The first-order chi connectivity index (χ1) is 16.6. The number of pyridine rings is 1. The average molecular weight is 455 g/mol. The summed E-state index contributed by atoms with van der Waals surface area (Å²) in [6, 6.07) is 18.4. The summed E-state index contributed by atoms with van der Waals surface area (Å²) in [4.78, 5) is 7.88. The van der Waals surface area contributed by atoms with Crippen LogP contribution in [-0.2, 0) is 25.8 Å². The Bertz CT molecular complexity index is 1140. The van der Waals surface area contributed by atoms with Gasteiger partial charge in [-0.05, 0) is 67.2 Å². The summed E-state index contributed by atoms with van der Waals surface area (Å²) in [5.41, 5.74) is 10.5. The Morgan fingerprint density at radius 1 is 1.00 bits per heavy atom. The van der Waals surface area contributed by atoms with E-state index in [1.54, 1.807) is 5.56 Å². The minimum Gasteiger partial charge on any atom is -0.496 e. The van der Waals surface area contributed by atoms with Gasteiger partial charge < -0.3 is 4.74 Å². The fourth-order valence-electron chi connectivity index (χ4n) is 6.08. The quantitative estimate of drug-likeness (QED) is 0.381. The fourth-order valence-corrected chi connectivity index (χ4v) is 6.08. The highest BCUT2D eigenvalue weighted by Crippen LogP contribution is 2.45. The third-order valence-corrected chi connectivity index (χ3v) is 8.16. The summed E-state index contributed by atoms with van der Waals surface area (Å²) in [5.74, 6) is 1.74. The first-order valence-electron chi connectivity index (χ1n) is 13.1. The molecule has 3 aromatic rings. The third kappa shape index (κ3) is 4.15. The SMILES string of the molecule is CCc1cccc(CC)c1-c1cc(OC)c(CN2CCc3ccccc3C2C2CCC2)c(C)n1. The molecule has 1 aromatic heterocycles. The molecule has 1 atom stereocenters. The number of fused-ring (bicyclic) bond motifs is 1. The second-order valence-electron chi connectivity index (χ2n) is 9.99. The lowest BCUT2D eigenvalue weighted by Crippen LogP contribution is -2.41. The number of nitrogens with zero attached hydrogens (tertiary/aromatic N) is 2. The second-order valence-corrected chi connectivity index (χ2v) is 9.99. The van der Waals surface area contributed by atoms with Crippen molar-refractivity contribution in [3.63, 3.8) is 0 Å². The molecule has 178 valence electrons. The molecule has 5 rings (SSSR count). The molecular weight excluding hydrogens is 416 g/mol. The summed E-state index contributed by atoms with van der Waals surface area (Å²) < 4.78 is 6.02. The van der Waals surface area contributed by atoms with Gasteiger partial charge >= 0.3 is 0 Å². The Kier molecular flexibility index (Phi) is 6.74. The van der Waals surface area contributed by atoms with Crippen LogP contribution >= 0.6 is 0 Å². The van der Waals surface area contributed by atoms with Gasteiger partial charge in [-0.2, -0.15) is 0 Å². The van der Waals surface area contributed by atoms with E-state index >= 15 is 0 Å². The first-order valence-corrected chi connectivity index (χ1v) is 13.1. The van der Waals surface area contributed by atoms with Crippen molar-refractivity contribution < 1.29 is 4.74 Å². The Hall–Kier alpha value is -2.65. The van der Waals surface area contributed by atoms with Crippen LogP contribution in [0, 0.1) is 12.8 Å². The van der Waals surface area contributed by atoms with Crippen LogP contribution in [0.5, 0.6) is 5.75 Å². The van der Waals surface area contributed by atoms with Gasteiger partial charge in [0, 0.05) is 42.0 Å². The molecule has 34 heavy (non-hydrogen) atoms. The van der Waals surface area contributed by atoms with Crippen LogP contribution in [-0.4, -0.2) is 23.5 Å². The van der Waals surface area contributed by atoms with Gasteiger partial charge in [0.15, 0.2) is 0 Å². The molecule has 1 fully saturated rings. The predicted octanol–water partition coefficient (Wildman–Crippen LogP) is 7.09. The highest BCUT2D eigenvalue weighted by atomic mass is 16.5. The van der Waals surface area contributed by atoms with E-state index in [1.165, 1.54) is 47.1 Å². The molecule has 1 unspecified atom stereocenters. The van der Waals surface area contributed by atoms with E-state index in [0.29, 0.717) is 6.04 Å². The zero-order chi connectivity index (χ0) is 23.7. The number of aryl methyl sites for hydroxylation is 3. The van der Waals surface area contributed by atoms with Crippen LogP contribution in [0.3, 0.4) is 0 Å². The highest BCUT2D eigenvalue weighted by Gasteiger charge is 2.37. The molecule has 2 heterocycles. The topological polar surface area (TPSA) is 25.4 Å². The maximum atomic E-state index is 6.02. The van der Waals surface area contributed by atoms with Crippen molar-refractivity contribution in [3.05, 3.63) is 82.0 Å². The van der Waals surface area contributed by atoms with Crippen molar-refractivity contribution >= 4 is 0 Å². The van der Waals surface area contributed by atoms with Gasteiger partial charge in [0.05, 0.1) is 12.8 Å². The van der Waals surface area contributed by atoms with Crippen molar-refractivity contribution in [1.29, 1.82) is 0 Å². The lowest BCUT2D eigenvalue weighted by molar-refractivity contribution is 0.0787. The molecule has 2 aliphatic rings. The summed E-state index contributed by atoms with van der Waals surface area (Å²) in [7, 11) is 1.81. The number of ether oxygens (including phenoxy) is 1. The minimum atomic E-state index is 0.509. The Morgan fingerprint density at radius 2 is 1.74 bits per heavy atom. The van der Waals surface area contributed by atoms with Crippen molar-refractivity contribution in [1.82, 2.24) is 9.88 Å². The number of benzene rings is 2. The van der Waals surface area contributed by atoms with E-state index in [4.69, 9.17) is 9.72 Å². The maximum absolute atomic E-state index is 6.02. The smallest absolute Gasteiger partial charge is 0.127 e. The molecule has 1 aliphatic carbocycles. The predicted molar refractivity (Wildman–Crippen MR) is 140 cm³/mol. The number of aromatic nitrogens is 1.